The molecule has 1 aromatic heterocycles. The second kappa shape index (κ2) is 8.98. The molecular weight excluding hydrogens is 500 g/mol. The van der Waals surface area contributed by atoms with Gasteiger partial charge >= 0.3 is 0 Å². The summed E-state index contributed by atoms with van der Waals surface area (Å²) in [6.45, 7) is 0.719. The van der Waals surface area contributed by atoms with Gasteiger partial charge in [0, 0.05) is 31.5 Å². The molecule has 1 N–H and O–H groups in total. The molecule has 36 heavy (non-hydrogen) atoms. The lowest BCUT2D eigenvalue weighted by atomic mass is 9.92. The van der Waals surface area contributed by atoms with Crippen molar-refractivity contribution >= 4 is 21.6 Å². The molecule has 2 saturated heterocycles. The largest absolute Gasteiger partial charge is 0.369 e. The Morgan fingerprint density at radius 3 is 2.42 bits per heavy atom. The Hall–Kier alpha value is -2.73. The monoisotopic (exact) mass is 526 g/mol. The van der Waals surface area contributed by atoms with Crippen molar-refractivity contribution in [1.29, 1.82) is 0 Å². The third-order valence-corrected chi connectivity index (χ3v) is 9.46. The van der Waals surface area contributed by atoms with Crippen LogP contribution in [0.15, 0.2) is 41.4 Å². The number of sulfonamides is 1. The summed E-state index contributed by atoms with van der Waals surface area (Å²) < 4.78 is 82.1. The molecule has 3 heterocycles. The maximum Gasteiger partial charge on any atom is 0.254 e. The van der Waals surface area contributed by atoms with Crippen molar-refractivity contribution in [2.45, 2.75) is 55.5 Å². The Morgan fingerprint density at radius 2 is 1.78 bits per heavy atom. The van der Waals surface area contributed by atoms with Crippen LogP contribution in [0.5, 0.6) is 0 Å². The normalized spacial score (nSPS) is 23.1. The molecule has 5 rings (SSSR count). The van der Waals surface area contributed by atoms with Crippen molar-refractivity contribution in [2.24, 2.45) is 5.41 Å². The number of nitrogens with one attached hydrogen (secondary N) is 1. The lowest BCUT2D eigenvalue weighted by Crippen LogP contribution is -2.45. The summed E-state index contributed by atoms with van der Waals surface area (Å²) in [7, 11) is -3.99. The maximum atomic E-state index is 14.5. The summed E-state index contributed by atoms with van der Waals surface area (Å²) in [5, 5.41) is 2.68. The molecule has 12 heteroatoms. The van der Waals surface area contributed by atoms with E-state index in [4.69, 9.17) is 0 Å². The number of halogens is 4. The highest BCUT2D eigenvalue weighted by molar-refractivity contribution is 7.89. The molecule has 1 amide bonds. The number of pyridine rings is 1. The molecule has 1 unspecified atom stereocenters. The molecule has 1 aliphatic carbocycles. The van der Waals surface area contributed by atoms with E-state index in [1.54, 1.807) is 4.90 Å². The van der Waals surface area contributed by atoms with E-state index in [0.717, 1.165) is 34.8 Å². The summed E-state index contributed by atoms with van der Waals surface area (Å²) in [6, 6.07) is 4.98. The van der Waals surface area contributed by atoms with Gasteiger partial charge in [-0.2, -0.15) is 4.31 Å². The number of piperidine rings is 1. The number of anilines is 1. The van der Waals surface area contributed by atoms with Gasteiger partial charge in [0.25, 0.3) is 5.92 Å². The number of hydrogen-bond acceptors (Lipinski definition) is 5. The molecule has 2 aromatic rings. The highest BCUT2D eigenvalue weighted by atomic mass is 32.2. The highest BCUT2D eigenvalue weighted by Crippen LogP contribution is 2.66. The molecule has 3 fully saturated rings. The van der Waals surface area contributed by atoms with Gasteiger partial charge in [0.1, 0.15) is 11.9 Å². The first-order valence-corrected chi connectivity index (χ1v) is 13.3. The number of amides is 1. The molecule has 1 aromatic carbocycles. The second-order valence-electron chi connectivity index (χ2n) is 9.72. The molecule has 2 aliphatic heterocycles. The molecule has 1 spiro atoms. The predicted octanol–water partition coefficient (Wildman–Crippen LogP) is 3.45. The predicted molar refractivity (Wildman–Crippen MR) is 123 cm³/mol. The van der Waals surface area contributed by atoms with E-state index in [-0.39, 0.29) is 42.9 Å². The minimum absolute atomic E-state index is 0.0527. The molecule has 3 aliphatic rings. The van der Waals surface area contributed by atoms with Crippen LogP contribution in [-0.2, 0) is 21.4 Å². The van der Waals surface area contributed by atoms with Gasteiger partial charge in [-0.15, -0.1) is 0 Å². The zero-order valence-electron chi connectivity index (χ0n) is 19.4. The van der Waals surface area contributed by atoms with Gasteiger partial charge in [-0.1, -0.05) is 0 Å². The van der Waals surface area contributed by atoms with Crippen LogP contribution < -0.4 is 10.2 Å². The van der Waals surface area contributed by atoms with E-state index in [2.05, 4.69) is 10.3 Å². The van der Waals surface area contributed by atoms with E-state index in [1.807, 2.05) is 0 Å². The Kier molecular flexibility index (Phi) is 6.22. The third kappa shape index (κ3) is 4.45. The van der Waals surface area contributed by atoms with Crippen LogP contribution in [0, 0.1) is 17.0 Å². The molecule has 1 saturated carbocycles. The van der Waals surface area contributed by atoms with Crippen molar-refractivity contribution < 1.29 is 30.8 Å². The van der Waals surface area contributed by atoms with Crippen LogP contribution in [0.2, 0.25) is 0 Å². The lowest BCUT2D eigenvalue weighted by molar-refractivity contribution is -0.124. The Morgan fingerprint density at radius 1 is 1.11 bits per heavy atom. The first kappa shape index (κ1) is 24.9. The number of benzene rings is 1. The fourth-order valence-electron chi connectivity index (χ4n) is 5.24. The van der Waals surface area contributed by atoms with E-state index < -0.39 is 44.9 Å². The number of carbonyl (C=O) groups is 1. The minimum Gasteiger partial charge on any atom is -0.369 e. The fourth-order valence-corrected chi connectivity index (χ4v) is 6.89. The molecule has 0 radical (unpaired) electrons. The van der Waals surface area contributed by atoms with Crippen molar-refractivity contribution in [2.75, 3.05) is 24.5 Å². The molecule has 0 bridgehead atoms. The first-order chi connectivity index (χ1) is 17.0. The number of carbonyl (C=O) groups excluding carboxylic acids is 1. The SMILES string of the molecule is O=C(NCc1cc(N2CCC3(CC2)CC3(F)F)c(F)cn1)C1CCCN1S(=O)(=O)c1ccc(F)cc1. The van der Waals surface area contributed by atoms with Crippen LogP contribution >= 0.6 is 0 Å². The maximum absolute atomic E-state index is 14.5. The lowest BCUT2D eigenvalue weighted by Gasteiger charge is -2.34. The van der Waals surface area contributed by atoms with Crippen molar-refractivity contribution in [3.8, 4) is 0 Å². The number of rotatable bonds is 6. The summed E-state index contributed by atoms with van der Waals surface area (Å²) >= 11 is 0. The van der Waals surface area contributed by atoms with Gasteiger partial charge in [0.15, 0.2) is 5.82 Å². The number of nitrogens with zero attached hydrogens (tertiary/aromatic N) is 3. The summed E-state index contributed by atoms with van der Waals surface area (Å²) in [4.78, 5) is 18.5. The fraction of sp³-hybridized carbons (Fsp3) is 0.500. The topological polar surface area (TPSA) is 82.6 Å². The van der Waals surface area contributed by atoms with E-state index in [9.17, 15) is 30.8 Å². The van der Waals surface area contributed by atoms with Gasteiger partial charge < -0.3 is 10.2 Å². The molecular formula is C24H26F4N4O3S. The Balaban J connectivity index is 1.23. The van der Waals surface area contributed by atoms with Gasteiger partial charge in [-0.05, 0) is 56.0 Å². The first-order valence-electron chi connectivity index (χ1n) is 11.8. The summed E-state index contributed by atoms with van der Waals surface area (Å²) in [6.07, 6.45) is 2.32. The van der Waals surface area contributed by atoms with Crippen molar-refractivity contribution in [3.05, 3.63) is 53.9 Å². The van der Waals surface area contributed by atoms with E-state index >= 15 is 0 Å². The second-order valence-corrected chi connectivity index (χ2v) is 11.6. The molecule has 1 atom stereocenters. The zero-order valence-corrected chi connectivity index (χ0v) is 20.2. The van der Waals surface area contributed by atoms with Crippen LogP contribution in [0.3, 0.4) is 0 Å². The van der Waals surface area contributed by atoms with Gasteiger partial charge in [0.2, 0.25) is 15.9 Å². The van der Waals surface area contributed by atoms with Gasteiger partial charge in [-0.25, -0.2) is 26.0 Å². The van der Waals surface area contributed by atoms with E-state index in [1.165, 1.54) is 6.07 Å². The van der Waals surface area contributed by atoms with Crippen LogP contribution in [0.25, 0.3) is 0 Å². The van der Waals surface area contributed by atoms with Crippen LogP contribution in [-0.4, -0.2) is 55.2 Å². The average Bonchev–Trinajstić information content (AvgIpc) is 3.16. The average molecular weight is 527 g/mol. The van der Waals surface area contributed by atoms with Crippen LogP contribution in [0.1, 0.15) is 37.8 Å². The molecule has 194 valence electrons. The number of hydrogen-bond donors (Lipinski definition) is 1. The summed E-state index contributed by atoms with van der Waals surface area (Å²) in [5.74, 6) is -4.29. The number of aromatic nitrogens is 1. The minimum atomic E-state index is -3.99. The number of alkyl halides is 2. The third-order valence-electron chi connectivity index (χ3n) is 7.53. The van der Waals surface area contributed by atoms with Crippen molar-refractivity contribution in [3.63, 3.8) is 0 Å². The van der Waals surface area contributed by atoms with Gasteiger partial charge in [-0.3, -0.25) is 9.78 Å². The smallest absolute Gasteiger partial charge is 0.254 e. The Labute approximate surface area is 206 Å². The van der Waals surface area contributed by atoms with Crippen LogP contribution in [0.4, 0.5) is 23.2 Å². The summed E-state index contributed by atoms with van der Waals surface area (Å²) in [5.41, 5.74) is -0.345. The standard InChI is InChI=1S/C24H26F4N4O3S/c25-16-3-5-18(6-4-16)36(34,35)32-9-1-2-20(32)22(33)30-13-17-12-21(19(26)14-29-17)31-10-7-23(8-11-31)15-24(23,27)28/h3-6,12,14,20H,1-2,7-11,13,15H2,(H,30,33). The van der Waals surface area contributed by atoms with Crippen molar-refractivity contribution in [1.82, 2.24) is 14.6 Å². The highest BCUT2D eigenvalue weighted by Gasteiger charge is 2.70. The quantitative estimate of drug-likeness (QED) is 0.584. The Bertz CT molecular complexity index is 1260. The molecule has 7 nitrogen and oxygen atoms in total. The zero-order chi connectivity index (χ0) is 25.7. The van der Waals surface area contributed by atoms with E-state index in [0.29, 0.717) is 31.6 Å². The van der Waals surface area contributed by atoms with Gasteiger partial charge in [0.05, 0.1) is 29.0 Å².